The van der Waals surface area contributed by atoms with Gasteiger partial charge in [0.2, 0.25) is 0 Å². The molecule has 0 aliphatic heterocycles. The van der Waals surface area contributed by atoms with E-state index in [2.05, 4.69) is 5.32 Å². The first-order valence-corrected chi connectivity index (χ1v) is 8.92. The molecule has 0 radical (unpaired) electrons. The maximum absolute atomic E-state index is 11.4. The summed E-state index contributed by atoms with van der Waals surface area (Å²) in [6, 6.07) is 0. The van der Waals surface area contributed by atoms with E-state index in [1.807, 2.05) is 20.8 Å². The van der Waals surface area contributed by atoms with Crippen LogP contribution in [0.1, 0.15) is 20.8 Å². The summed E-state index contributed by atoms with van der Waals surface area (Å²) in [5.74, 6) is 0. The fourth-order valence-electron chi connectivity index (χ4n) is 1.59. The van der Waals surface area contributed by atoms with Crippen molar-refractivity contribution in [3.63, 3.8) is 0 Å². The van der Waals surface area contributed by atoms with Crippen LogP contribution in [0.15, 0.2) is 0 Å². The molecule has 26 heavy (non-hydrogen) atoms. The molecule has 0 atom stereocenters. The molecule has 2 N–H and O–H groups in total. The monoisotopic (exact) mass is 381 g/mol. The van der Waals surface area contributed by atoms with Crippen LogP contribution < -0.4 is 5.32 Å². The molecule has 0 aromatic heterocycles. The van der Waals surface area contributed by atoms with Crippen LogP contribution >= 0.6 is 0 Å². The van der Waals surface area contributed by atoms with Crippen molar-refractivity contribution in [1.82, 2.24) is 5.32 Å². The normalized spacial score (nSPS) is 11.5. The number of amides is 1. The van der Waals surface area contributed by atoms with Crippen LogP contribution in [0.3, 0.4) is 0 Å². The average molecular weight is 381 g/mol. The lowest BCUT2D eigenvalue weighted by Crippen LogP contribution is -2.34. The summed E-state index contributed by atoms with van der Waals surface area (Å²) in [7, 11) is 0. The maximum Gasteiger partial charge on any atom is 0.407 e. The van der Waals surface area contributed by atoms with Crippen molar-refractivity contribution in [3.05, 3.63) is 0 Å². The van der Waals surface area contributed by atoms with Gasteiger partial charge in [-0.2, -0.15) is 0 Å². The van der Waals surface area contributed by atoms with E-state index in [0.29, 0.717) is 72.6 Å². The molecule has 0 aromatic carbocycles. The Morgan fingerprint density at radius 3 is 1.50 bits per heavy atom. The Balaban J connectivity index is 3.12. The van der Waals surface area contributed by atoms with Gasteiger partial charge in [-0.25, -0.2) is 4.79 Å². The van der Waals surface area contributed by atoms with E-state index in [9.17, 15) is 4.79 Å². The first-order chi connectivity index (χ1) is 12.5. The van der Waals surface area contributed by atoms with E-state index in [0.717, 1.165) is 0 Å². The zero-order valence-electron chi connectivity index (χ0n) is 16.3. The highest BCUT2D eigenvalue weighted by Gasteiger charge is 2.15. The fraction of sp³-hybridized carbons (Fsp3) is 0.941. The summed E-state index contributed by atoms with van der Waals surface area (Å²) >= 11 is 0. The van der Waals surface area contributed by atoms with Gasteiger partial charge in [0, 0.05) is 6.54 Å². The molecule has 0 heterocycles. The van der Waals surface area contributed by atoms with Crippen LogP contribution in [0.5, 0.6) is 0 Å². The Bertz CT molecular complexity index is 322. The van der Waals surface area contributed by atoms with Gasteiger partial charge in [0.1, 0.15) is 5.60 Å². The predicted molar refractivity (Wildman–Crippen MR) is 95.4 cm³/mol. The van der Waals surface area contributed by atoms with Gasteiger partial charge in [-0.15, -0.1) is 0 Å². The lowest BCUT2D eigenvalue weighted by Gasteiger charge is -2.19. The van der Waals surface area contributed by atoms with Crippen LogP contribution in [0.2, 0.25) is 0 Å². The van der Waals surface area contributed by atoms with E-state index in [-0.39, 0.29) is 6.61 Å². The molecule has 1 amide bonds. The van der Waals surface area contributed by atoms with Gasteiger partial charge >= 0.3 is 6.09 Å². The molecule has 0 rings (SSSR count). The van der Waals surface area contributed by atoms with E-state index < -0.39 is 11.7 Å². The lowest BCUT2D eigenvalue weighted by atomic mass is 10.2. The minimum atomic E-state index is -0.498. The topological polar surface area (TPSA) is 105 Å². The Hall–Kier alpha value is -0.970. The quantitative estimate of drug-likeness (QED) is 0.353. The molecule has 0 unspecified atom stereocenters. The van der Waals surface area contributed by atoms with Gasteiger partial charge in [-0.1, -0.05) is 0 Å². The smallest absolute Gasteiger partial charge is 0.407 e. The highest BCUT2D eigenvalue weighted by molar-refractivity contribution is 5.67. The number of nitrogens with one attached hydrogen (secondary N) is 1. The second-order valence-electron chi connectivity index (χ2n) is 6.21. The first kappa shape index (κ1) is 25.0. The molecule has 9 heteroatoms. The minimum Gasteiger partial charge on any atom is -0.444 e. The molecular formula is C17H35NO8. The van der Waals surface area contributed by atoms with Crippen molar-refractivity contribution in [2.75, 3.05) is 79.2 Å². The molecule has 156 valence electrons. The van der Waals surface area contributed by atoms with Crippen molar-refractivity contribution in [1.29, 1.82) is 0 Å². The standard InChI is InChI=1S/C17H35NO8/c1-17(2,3)26-16(20)18-4-6-21-8-10-23-12-14-25-15-13-24-11-9-22-7-5-19/h19H,4-15H2,1-3H3,(H,18,20). The summed E-state index contributed by atoms with van der Waals surface area (Å²) < 4.78 is 31.4. The van der Waals surface area contributed by atoms with Gasteiger partial charge < -0.3 is 38.8 Å². The van der Waals surface area contributed by atoms with Crippen LogP contribution in [-0.2, 0) is 28.4 Å². The third kappa shape index (κ3) is 21.1. The van der Waals surface area contributed by atoms with E-state index in [1.54, 1.807) is 0 Å². The first-order valence-electron chi connectivity index (χ1n) is 8.92. The highest BCUT2D eigenvalue weighted by atomic mass is 16.6. The van der Waals surface area contributed by atoms with Crippen LogP contribution in [0.25, 0.3) is 0 Å². The van der Waals surface area contributed by atoms with Crippen molar-refractivity contribution < 1.29 is 38.3 Å². The number of ether oxygens (including phenoxy) is 6. The second kappa shape index (κ2) is 17.4. The summed E-state index contributed by atoms with van der Waals surface area (Å²) in [6.45, 7) is 10.4. The van der Waals surface area contributed by atoms with E-state index in [4.69, 9.17) is 33.5 Å². The molecule has 0 aliphatic rings. The number of hydrogen-bond donors (Lipinski definition) is 2. The van der Waals surface area contributed by atoms with Gasteiger partial charge in [0.05, 0.1) is 72.7 Å². The van der Waals surface area contributed by atoms with Gasteiger partial charge in [-0.3, -0.25) is 0 Å². The van der Waals surface area contributed by atoms with Crippen molar-refractivity contribution in [3.8, 4) is 0 Å². The Morgan fingerprint density at radius 2 is 1.12 bits per heavy atom. The van der Waals surface area contributed by atoms with Crippen molar-refractivity contribution >= 4 is 6.09 Å². The average Bonchev–Trinajstić information content (AvgIpc) is 2.56. The zero-order chi connectivity index (χ0) is 19.5. The highest BCUT2D eigenvalue weighted by Crippen LogP contribution is 2.05. The summed E-state index contributed by atoms with van der Waals surface area (Å²) in [4.78, 5) is 11.4. The van der Waals surface area contributed by atoms with Gasteiger partial charge in [0.15, 0.2) is 0 Å². The van der Waals surface area contributed by atoms with E-state index >= 15 is 0 Å². The van der Waals surface area contributed by atoms with Crippen LogP contribution in [0.4, 0.5) is 4.79 Å². The molecule has 0 bridgehead atoms. The minimum absolute atomic E-state index is 0.0249. The largest absolute Gasteiger partial charge is 0.444 e. The molecule has 0 saturated heterocycles. The molecule has 9 nitrogen and oxygen atoms in total. The van der Waals surface area contributed by atoms with Crippen LogP contribution in [0, 0.1) is 0 Å². The number of alkyl carbamates (subject to hydrolysis) is 1. The number of aliphatic hydroxyl groups is 1. The fourth-order valence-corrected chi connectivity index (χ4v) is 1.59. The van der Waals surface area contributed by atoms with Gasteiger partial charge in [-0.05, 0) is 20.8 Å². The SMILES string of the molecule is CC(C)(C)OC(=O)NCCOCCOCCOCCOCCOCCO. The number of aliphatic hydroxyl groups excluding tert-OH is 1. The van der Waals surface area contributed by atoms with Gasteiger partial charge in [0.25, 0.3) is 0 Å². The lowest BCUT2D eigenvalue weighted by molar-refractivity contribution is -0.0132. The molecule has 0 fully saturated rings. The number of rotatable bonds is 17. The molecule has 0 aromatic rings. The molecular weight excluding hydrogens is 346 g/mol. The second-order valence-corrected chi connectivity index (χ2v) is 6.21. The zero-order valence-corrected chi connectivity index (χ0v) is 16.3. The predicted octanol–water partition coefficient (Wildman–Crippen LogP) is 0.586. The third-order valence-electron chi connectivity index (χ3n) is 2.64. The van der Waals surface area contributed by atoms with Crippen molar-refractivity contribution in [2.24, 2.45) is 0 Å². The van der Waals surface area contributed by atoms with Crippen molar-refractivity contribution in [2.45, 2.75) is 26.4 Å². The summed E-state index contributed by atoms with van der Waals surface area (Å²) in [5, 5.41) is 11.1. The molecule has 0 spiro atoms. The summed E-state index contributed by atoms with van der Waals surface area (Å²) in [5.41, 5.74) is -0.498. The Kier molecular flexibility index (Phi) is 16.8. The maximum atomic E-state index is 11.4. The number of carbonyl (C=O) groups is 1. The third-order valence-corrected chi connectivity index (χ3v) is 2.64. The Labute approximate surface area is 156 Å². The molecule has 0 aliphatic carbocycles. The number of hydrogen-bond acceptors (Lipinski definition) is 8. The molecule has 0 saturated carbocycles. The Morgan fingerprint density at radius 1 is 0.731 bits per heavy atom. The number of carbonyl (C=O) groups excluding carboxylic acids is 1. The summed E-state index contributed by atoms with van der Waals surface area (Å²) in [6.07, 6.45) is -0.448. The van der Waals surface area contributed by atoms with Crippen LogP contribution in [-0.4, -0.2) is 96.0 Å². The van der Waals surface area contributed by atoms with E-state index in [1.165, 1.54) is 0 Å².